The van der Waals surface area contributed by atoms with Gasteiger partial charge in [-0.1, -0.05) is 64.5 Å². The Morgan fingerprint density at radius 1 is 1.03 bits per heavy atom. The monoisotopic (exact) mass is 524 g/mol. The third kappa shape index (κ3) is 5.32. The van der Waals surface area contributed by atoms with Gasteiger partial charge >= 0.3 is 0 Å². The van der Waals surface area contributed by atoms with Gasteiger partial charge in [-0.25, -0.2) is 0 Å². The molecule has 3 aromatic rings. The molecule has 1 heterocycles. The van der Waals surface area contributed by atoms with Gasteiger partial charge in [-0.3, -0.25) is 24.6 Å². The molecule has 9 heteroatoms. The van der Waals surface area contributed by atoms with Gasteiger partial charge in [0.15, 0.2) is 0 Å². The molecule has 33 heavy (non-hydrogen) atoms. The minimum absolute atomic E-state index is 0.135. The lowest BCUT2D eigenvalue weighted by atomic mass is 10.1. The third-order valence-electron chi connectivity index (χ3n) is 4.89. The Hall–Kier alpha value is -3.43. The molecule has 0 aliphatic carbocycles. The van der Waals surface area contributed by atoms with E-state index in [0.717, 1.165) is 26.7 Å². The molecule has 0 N–H and O–H groups in total. The van der Waals surface area contributed by atoms with Crippen LogP contribution in [0.3, 0.4) is 0 Å². The number of para-hydroxylation sites is 1. The molecule has 7 nitrogen and oxygen atoms in total. The maximum Gasteiger partial charge on any atom is 0.293 e. The minimum Gasteiger partial charge on any atom is -0.488 e. The summed E-state index contributed by atoms with van der Waals surface area (Å²) in [5, 5.41) is 10.8. The normalized spacial score (nSPS) is 14.7. The fourth-order valence-corrected chi connectivity index (χ4v) is 4.48. The Morgan fingerprint density at radius 2 is 1.76 bits per heavy atom. The summed E-state index contributed by atoms with van der Waals surface area (Å²) >= 11 is 4.23. The highest BCUT2D eigenvalue weighted by atomic mass is 79.9. The van der Waals surface area contributed by atoms with Crippen LogP contribution in [0.1, 0.15) is 16.7 Å². The highest BCUT2D eigenvalue weighted by molar-refractivity contribution is 9.10. The van der Waals surface area contributed by atoms with Crippen LogP contribution in [-0.2, 0) is 17.9 Å². The summed E-state index contributed by atoms with van der Waals surface area (Å²) in [6.07, 6.45) is 1.61. The van der Waals surface area contributed by atoms with Gasteiger partial charge in [-0.2, -0.15) is 0 Å². The van der Waals surface area contributed by atoms with Gasteiger partial charge in [0, 0.05) is 21.7 Å². The number of imide groups is 1. The van der Waals surface area contributed by atoms with E-state index < -0.39 is 16.1 Å². The maximum atomic E-state index is 13.0. The van der Waals surface area contributed by atoms with Crippen LogP contribution in [-0.4, -0.2) is 21.0 Å². The third-order valence-corrected chi connectivity index (χ3v) is 6.29. The molecule has 4 rings (SSSR count). The summed E-state index contributed by atoms with van der Waals surface area (Å²) in [7, 11) is 0. The molecular weight excluding hydrogens is 508 g/mol. The van der Waals surface area contributed by atoms with Crippen LogP contribution in [0.15, 0.2) is 82.2 Å². The predicted octanol–water partition coefficient (Wildman–Crippen LogP) is 6.17. The van der Waals surface area contributed by atoms with E-state index in [1.165, 1.54) is 12.1 Å². The molecule has 1 aliphatic rings. The van der Waals surface area contributed by atoms with Crippen molar-refractivity contribution in [3.8, 4) is 5.75 Å². The molecule has 166 valence electrons. The van der Waals surface area contributed by atoms with Crippen LogP contribution in [0.2, 0.25) is 0 Å². The molecule has 0 aromatic heterocycles. The lowest BCUT2D eigenvalue weighted by Gasteiger charge is -2.13. The fourth-order valence-electron chi connectivity index (χ4n) is 3.27. The van der Waals surface area contributed by atoms with Crippen LogP contribution in [0.25, 0.3) is 6.08 Å². The van der Waals surface area contributed by atoms with Crippen molar-refractivity contribution in [2.45, 2.75) is 13.2 Å². The number of thioether (sulfide) groups is 1. The molecule has 1 fully saturated rings. The zero-order chi connectivity index (χ0) is 23.4. The number of carbonyl (C=O) groups is 2. The van der Waals surface area contributed by atoms with Crippen LogP contribution in [0, 0.1) is 10.1 Å². The molecule has 0 atom stereocenters. The highest BCUT2D eigenvalue weighted by Crippen LogP contribution is 2.36. The van der Waals surface area contributed by atoms with E-state index in [0.29, 0.717) is 23.5 Å². The van der Waals surface area contributed by atoms with Gasteiger partial charge in [-0.05, 0) is 41.6 Å². The zero-order valence-electron chi connectivity index (χ0n) is 17.1. The van der Waals surface area contributed by atoms with Crippen molar-refractivity contribution in [1.82, 2.24) is 4.90 Å². The van der Waals surface area contributed by atoms with Gasteiger partial charge in [0.1, 0.15) is 12.4 Å². The lowest BCUT2D eigenvalue weighted by Crippen LogP contribution is -2.27. The van der Waals surface area contributed by atoms with E-state index in [4.69, 9.17) is 4.74 Å². The summed E-state index contributed by atoms with van der Waals surface area (Å²) in [5.41, 5.74) is 1.79. The molecule has 1 saturated heterocycles. The number of rotatable bonds is 7. The quantitative estimate of drug-likeness (QED) is 0.208. The first-order chi connectivity index (χ1) is 15.9. The fraction of sp³-hybridized carbons (Fsp3) is 0.0833. The summed E-state index contributed by atoms with van der Waals surface area (Å²) < 4.78 is 6.75. The van der Waals surface area contributed by atoms with Crippen molar-refractivity contribution < 1.29 is 19.2 Å². The van der Waals surface area contributed by atoms with Gasteiger partial charge in [0.2, 0.25) is 0 Å². The largest absolute Gasteiger partial charge is 0.488 e. The molecule has 0 spiro atoms. The SMILES string of the molecule is O=C1S/C(=C/c2cc(Br)ccc2OCc2ccccc2)C(=O)N1Cc1ccccc1[N+](=O)[O-]. The number of carbonyl (C=O) groups excluding carboxylic acids is 2. The van der Waals surface area contributed by atoms with Crippen LogP contribution < -0.4 is 4.74 Å². The van der Waals surface area contributed by atoms with Gasteiger partial charge in [-0.15, -0.1) is 0 Å². The van der Waals surface area contributed by atoms with E-state index in [1.807, 2.05) is 36.4 Å². The summed E-state index contributed by atoms with van der Waals surface area (Å²) in [4.78, 5) is 37.5. The predicted molar refractivity (Wildman–Crippen MR) is 130 cm³/mol. The minimum atomic E-state index is -0.526. The Bertz CT molecular complexity index is 1260. The number of nitrogens with zero attached hydrogens (tertiary/aromatic N) is 2. The average Bonchev–Trinajstić information content (AvgIpc) is 3.07. The Kier molecular flexibility index (Phi) is 6.90. The van der Waals surface area contributed by atoms with Crippen molar-refractivity contribution in [3.05, 3.63) is 109 Å². The first kappa shape index (κ1) is 22.8. The molecule has 0 unspecified atom stereocenters. The first-order valence-electron chi connectivity index (χ1n) is 9.86. The zero-order valence-corrected chi connectivity index (χ0v) is 19.5. The van der Waals surface area contributed by atoms with Gasteiger partial charge < -0.3 is 4.74 Å². The molecule has 3 aromatic carbocycles. The van der Waals surface area contributed by atoms with E-state index in [2.05, 4.69) is 15.9 Å². The Balaban J connectivity index is 1.57. The number of nitro groups is 1. The topological polar surface area (TPSA) is 89.8 Å². The van der Waals surface area contributed by atoms with Crippen molar-refractivity contribution >= 4 is 50.6 Å². The van der Waals surface area contributed by atoms with E-state index in [1.54, 1.807) is 30.3 Å². The smallest absolute Gasteiger partial charge is 0.293 e. The van der Waals surface area contributed by atoms with E-state index in [9.17, 15) is 19.7 Å². The van der Waals surface area contributed by atoms with E-state index in [-0.39, 0.29) is 17.1 Å². The van der Waals surface area contributed by atoms with Crippen LogP contribution in [0.5, 0.6) is 5.75 Å². The van der Waals surface area contributed by atoms with Crippen LogP contribution in [0.4, 0.5) is 10.5 Å². The number of hydrogen-bond acceptors (Lipinski definition) is 6. The maximum absolute atomic E-state index is 13.0. The van der Waals surface area contributed by atoms with Crippen molar-refractivity contribution in [2.75, 3.05) is 0 Å². The average molecular weight is 525 g/mol. The number of hydrogen-bond donors (Lipinski definition) is 0. The first-order valence-corrected chi connectivity index (χ1v) is 11.5. The summed E-state index contributed by atoms with van der Waals surface area (Å²) in [5.74, 6) is 0.0599. The highest BCUT2D eigenvalue weighted by Gasteiger charge is 2.36. The Morgan fingerprint density at radius 3 is 2.52 bits per heavy atom. The molecular formula is C24H17BrN2O5S. The van der Waals surface area contributed by atoms with Crippen molar-refractivity contribution in [3.63, 3.8) is 0 Å². The second-order valence-corrected chi connectivity index (χ2v) is 9.02. The van der Waals surface area contributed by atoms with Crippen LogP contribution >= 0.6 is 27.7 Å². The second-order valence-electron chi connectivity index (χ2n) is 7.11. The number of benzene rings is 3. The summed E-state index contributed by atoms with van der Waals surface area (Å²) in [6.45, 7) is 0.178. The summed E-state index contributed by atoms with van der Waals surface area (Å²) in [6, 6.07) is 21.2. The van der Waals surface area contributed by atoms with E-state index >= 15 is 0 Å². The Labute approximate surface area is 202 Å². The molecule has 2 amide bonds. The molecule has 1 aliphatic heterocycles. The van der Waals surface area contributed by atoms with Gasteiger partial charge in [0.25, 0.3) is 16.8 Å². The number of ether oxygens (including phenoxy) is 1. The lowest BCUT2D eigenvalue weighted by molar-refractivity contribution is -0.385. The standard InChI is InChI=1S/C24H17BrN2O5S/c25-19-10-11-21(32-15-16-6-2-1-3-7-16)18(12-19)13-22-23(28)26(24(29)33-22)14-17-8-4-5-9-20(17)27(30)31/h1-13H,14-15H2/b22-13+. The number of nitro benzene ring substituents is 1. The molecule has 0 bridgehead atoms. The van der Waals surface area contributed by atoms with Gasteiger partial charge in [0.05, 0.1) is 16.4 Å². The number of halogens is 1. The van der Waals surface area contributed by atoms with Crippen molar-refractivity contribution in [2.24, 2.45) is 0 Å². The second kappa shape index (κ2) is 10.0. The number of amides is 2. The van der Waals surface area contributed by atoms with Crippen molar-refractivity contribution in [1.29, 1.82) is 0 Å². The molecule has 0 saturated carbocycles. The molecule has 0 radical (unpaired) electrons.